The Hall–Kier alpha value is -2.40. The van der Waals surface area contributed by atoms with Gasteiger partial charge >= 0.3 is 0 Å². The van der Waals surface area contributed by atoms with E-state index >= 15 is 0 Å². The van der Waals surface area contributed by atoms with Crippen LogP contribution in [0.15, 0.2) is 53.4 Å². The number of amides is 1. The predicted molar refractivity (Wildman–Crippen MR) is 93.1 cm³/mol. The lowest BCUT2D eigenvalue weighted by Gasteiger charge is -2.08. The summed E-state index contributed by atoms with van der Waals surface area (Å²) in [5, 5.41) is 2.92. The molecule has 1 aliphatic rings. The quantitative estimate of drug-likeness (QED) is 0.661. The van der Waals surface area contributed by atoms with E-state index in [-0.39, 0.29) is 12.7 Å². The van der Waals surface area contributed by atoms with Crippen molar-refractivity contribution >= 4 is 29.4 Å². The van der Waals surface area contributed by atoms with Crippen LogP contribution in [0.5, 0.6) is 11.5 Å². The average molecular weight is 327 g/mol. The van der Waals surface area contributed by atoms with Gasteiger partial charge in [-0.25, -0.2) is 0 Å². The fraction of sp³-hybridized carbons (Fsp3) is 0.167. The van der Waals surface area contributed by atoms with Crippen molar-refractivity contribution in [2.45, 2.75) is 11.8 Å². The normalized spacial score (nSPS) is 12.6. The van der Waals surface area contributed by atoms with Crippen molar-refractivity contribution in [1.29, 1.82) is 0 Å². The molecule has 0 aromatic heterocycles. The first kappa shape index (κ1) is 15.5. The van der Waals surface area contributed by atoms with E-state index in [1.54, 1.807) is 17.8 Å². The molecule has 0 unspecified atom stereocenters. The molecule has 0 atom stereocenters. The number of ether oxygens (including phenoxy) is 2. The zero-order valence-electron chi connectivity index (χ0n) is 12.7. The van der Waals surface area contributed by atoms with Crippen LogP contribution in [-0.4, -0.2) is 18.5 Å². The molecule has 0 bridgehead atoms. The fourth-order valence-electron chi connectivity index (χ4n) is 2.21. The zero-order valence-corrected chi connectivity index (χ0v) is 13.6. The molecule has 23 heavy (non-hydrogen) atoms. The largest absolute Gasteiger partial charge is 0.454 e. The van der Waals surface area contributed by atoms with E-state index in [1.807, 2.05) is 42.5 Å². The SMILES string of the molecule is CCSc1ccccc1NC(=O)/C=C/c1ccc2c(c1)OCO2. The van der Waals surface area contributed by atoms with Crippen molar-refractivity contribution in [3.63, 3.8) is 0 Å². The molecule has 0 saturated heterocycles. The Morgan fingerprint density at radius 2 is 2.04 bits per heavy atom. The molecule has 5 heteroatoms. The number of thioether (sulfide) groups is 1. The Balaban J connectivity index is 1.67. The van der Waals surface area contributed by atoms with Crippen LogP contribution >= 0.6 is 11.8 Å². The molecule has 0 radical (unpaired) electrons. The summed E-state index contributed by atoms with van der Waals surface area (Å²) < 4.78 is 10.6. The molecule has 0 spiro atoms. The van der Waals surface area contributed by atoms with Crippen LogP contribution < -0.4 is 14.8 Å². The number of benzene rings is 2. The summed E-state index contributed by atoms with van der Waals surface area (Å²) >= 11 is 1.70. The molecule has 3 rings (SSSR count). The topological polar surface area (TPSA) is 47.6 Å². The van der Waals surface area contributed by atoms with Crippen molar-refractivity contribution in [2.24, 2.45) is 0 Å². The number of fused-ring (bicyclic) bond motifs is 1. The van der Waals surface area contributed by atoms with E-state index in [9.17, 15) is 4.79 Å². The number of anilines is 1. The lowest BCUT2D eigenvalue weighted by Crippen LogP contribution is -2.08. The molecule has 2 aromatic carbocycles. The maximum atomic E-state index is 12.1. The molecule has 0 fully saturated rings. The van der Waals surface area contributed by atoms with E-state index in [2.05, 4.69) is 12.2 Å². The zero-order chi connectivity index (χ0) is 16.1. The molecule has 1 amide bonds. The molecule has 1 aliphatic heterocycles. The Bertz CT molecular complexity index is 743. The summed E-state index contributed by atoms with van der Waals surface area (Å²) in [6.07, 6.45) is 3.28. The molecule has 2 aromatic rings. The van der Waals surface area contributed by atoms with E-state index in [1.165, 1.54) is 6.08 Å². The van der Waals surface area contributed by atoms with Crippen molar-refractivity contribution in [2.75, 3.05) is 17.9 Å². The molecule has 4 nitrogen and oxygen atoms in total. The minimum absolute atomic E-state index is 0.160. The van der Waals surface area contributed by atoms with Gasteiger partial charge in [0, 0.05) is 11.0 Å². The Morgan fingerprint density at radius 1 is 1.22 bits per heavy atom. The molecule has 1 heterocycles. The van der Waals surface area contributed by atoms with E-state index in [4.69, 9.17) is 9.47 Å². The van der Waals surface area contributed by atoms with Gasteiger partial charge < -0.3 is 14.8 Å². The van der Waals surface area contributed by atoms with Gasteiger partial charge in [-0.15, -0.1) is 11.8 Å². The maximum Gasteiger partial charge on any atom is 0.248 e. The standard InChI is InChI=1S/C18H17NO3S/c1-2-23-17-6-4-3-5-14(17)19-18(20)10-8-13-7-9-15-16(11-13)22-12-21-15/h3-11H,2,12H2,1H3,(H,19,20)/b10-8+. The highest BCUT2D eigenvalue weighted by Gasteiger charge is 2.12. The molecular formula is C18H17NO3S. The first-order chi connectivity index (χ1) is 11.3. The van der Waals surface area contributed by atoms with E-state index < -0.39 is 0 Å². The number of rotatable bonds is 5. The molecule has 118 valence electrons. The summed E-state index contributed by atoms with van der Waals surface area (Å²) in [7, 11) is 0. The highest BCUT2D eigenvalue weighted by molar-refractivity contribution is 7.99. The van der Waals surface area contributed by atoms with Gasteiger partial charge in [-0.1, -0.05) is 25.1 Å². The van der Waals surface area contributed by atoms with Gasteiger partial charge in [-0.3, -0.25) is 4.79 Å². The number of hydrogen-bond acceptors (Lipinski definition) is 4. The minimum atomic E-state index is -0.160. The second kappa shape index (κ2) is 7.24. The van der Waals surface area contributed by atoms with Crippen molar-refractivity contribution in [3.8, 4) is 11.5 Å². The maximum absolute atomic E-state index is 12.1. The molecular weight excluding hydrogens is 310 g/mol. The van der Waals surface area contributed by atoms with Crippen LogP contribution in [0.2, 0.25) is 0 Å². The summed E-state index contributed by atoms with van der Waals surface area (Å²) in [6.45, 7) is 2.33. The van der Waals surface area contributed by atoms with Crippen molar-refractivity contribution in [3.05, 3.63) is 54.1 Å². The van der Waals surface area contributed by atoms with Gasteiger partial charge in [-0.05, 0) is 41.7 Å². The number of nitrogens with one attached hydrogen (secondary N) is 1. The number of para-hydroxylation sites is 1. The third-order valence-corrected chi connectivity index (χ3v) is 4.22. The Morgan fingerprint density at radius 3 is 2.91 bits per heavy atom. The second-order valence-electron chi connectivity index (χ2n) is 4.86. The third-order valence-electron chi connectivity index (χ3n) is 3.27. The summed E-state index contributed by atoms with van der Waals surface area (Å²) in [6, 6.07) is 13.4. The van der Waals surface area contributed by atoms with Gasteiger partial charge in [-0.2, -0.15) is 0 Å². The lowest BCUT2D eigenvalue weighted by molar-refractivity contribution is -0.111. The summed E-state index contributed by atoms with van der Waals surface area (Å²) in [4.78, 5) is 13.2. The summed E-state index contributed by atoms with van der Waals surface area (Å²) in [5.41, 5.74) is 1.72. The predicted octanol–water partition coefficient (Wildman–Crippen LogP) is 4.18. The first-order valence-corrected chi connectivity index (χ1v) is 8.35. The van der Waals surface area contributed by atoms with Crippen LogP contribution in [0, 0.1) is 0 Å². The fourth-order valence-corrected chi connectivity index (χ4v) is 2.97. The lowest BCUT2D eigenvalue weighted by atomic mass is 10.2. The van der Waals surface area contributed by atoms with E-state index in [0.29, 0.717) is 5.75 Å². The number of carbonyl (C=O) groups is 1. The number of hydrogen-bond donors (Lipinski definition) is 1. The highest BCUT2D eigenvalue weighted by atomic mass is 32.2. The van der Waals surface area contributed by atoms with Gasteiger partial charge in [0.15, 0.2) is 11.5 Å². The molecule has 0 aliphatic carbocycles. The van der Waals surface area contributed by atoms with Crippen molar-refractivity contribution < 1.29 is 14.3 Å². The number of carbonyl (C=O) groups excluding carboxylic acids is 1. The van der Waals surface area contributed by atoms with Gasteiger partial charge in [0.1, 0.15) is 0 Å². The Labute approximate surface area is 139 Å². The minimum Gasteiger partial charge on any atom is -0.454 e. The second-order valence-corrected chi connectivity index (χ2v) is 6.17. The van der Waals surface area contributed by atoms with Crippen LogP contribution in [0.3, 0.4) is 0 Å². The smallest absolute Gasteiger partial charge is 0.248 e. The van der Waals surface area contributed by atoms with Gasteiger partial charge in [0.25, 0.3) is 0 Å². The van der Waals surface area contributed by atoms with Crippen LogP contribution in [0.1, 0.15) is 12.5 Å². The van der Waals surface area contributed by atoms with Crippen molar-refractivity contribution in [1.82, 2.24) is 0 Å². The first-order valence-electron chi connectivity index (χ1n) is 7.37. The Kier molecular flexibility index (Phi) is 4.88. The van der Waals surface area contributed by atoms with Gasteiger partial charge in [0.05, 0.1) is 5.69 Å². The molecule has 0 saturated carbocycles. The third kappa shape index (κ3) is 3.87. The monoisotopic (exact) mass is 327 g/mol. The van der Waals surface area contributed by atoms with Gasteiger partial charge in [0.2, 0.25) is 12.7 Å². The average Bonchev–Trinajstić information content (AvgIpc) is 3.03. The van der Waals surface area contributed by atoms with E-state index in [0.717, 1.165) is 27.6 Å². The summed E-state index contributed by atoms with van der Waals surface area (Å²) in [5.74, 6) is 2.24. The molecule has 1 N–H and O–H groups in total. The van der Waals surface area contributed by atoms with Crippen LogP contribution in [0.25, 0.3) is 6.08 Å². The van der Waals surface area contributed by atoms with Crippen LogP contribution in [-0.2, 0) is 4.79 Å². The van der Waals surface area contributed by atoms with Crippen LogP contribution in [0.4, 0.5) is 5.69 Å². The highest BCUT2D eigenvalue weighted by Crippen LogP contribution is 2.32.